The molecule has 0 amide bonds. The Balaban J connectivity index is 2.01. The fourth-order valence-corrected chi connectivity index (χ4v) is 2.60. The van der Waals surface area contributed by atoms with Gasteiger partial charge in [-0.25, -0.2) is 0 Å². The standard InChI is InChI=1S/C12H18BrN3O/c1-8-11(4-5-17-8)12(16-14)6-10-3-2-9(13)7-15-10/h2-3,7-8,11-12,16H,4-6,14H2,1H3. The minimum absolute atomic E-state index is 0.223. The quantitative estimate of drug-likeness (QED) is 0.655. The molecule has 1 aromatic heterocycles. The predicted octanol–water partition coefficient (Wildman–Crippen LogP) is 1.64. The fourth-order valence-electron chi connectivity index (χ4n) is 2.36. The number of nitrogens with zero attached hydrogens (tertiary/aromatic N) is 1. The van der Waals surface area contributed by atoms with Gasteiger partial charge in [-0.15, -0.1) is 0 Å². The van der Waals surface area contributed by atoms with E-state index in [2.05, 4.69) is 33.3 Å². The molecule has 0 bridgehead atoms. The molecule has 1 aliphatic rings. The van der Waals surface area contributed by atoms with Crippen LogP contribution in [0.5, 0.6) is 0 Å². The molecule has 2 heterocycles. The third kappa shape index (κ3) is 3.25. The molecule has 0 radical (unpaired) electrons. The molecule has 0 spiro atoms. The van der Waals surface area contributed by atoms with E-state index in [4.69, 9.17) is 10.6 Å². The van der Waals surface area contributed by atoms with Gasteiger partial charge in [-0.05, 0) is 41.4 Å². The van der Waals surface area contributed by atoms with Crippen LogP contribution in [0.15, 0.2) is 22.8 Å². The lowest BCUT2D eigenvalue weighted by Gasteiger charge is -2.24. The summed E-state index contributed by atoms with van der Waals surface area (Å²) in [5, 5.41) is 0. The second-order valence-electron chi connectivity index (χ2n) is 4.47. The molecule has 1 saturated heterocycles. The lowest BCUT2D eigenvalue weighted by Crippen LogP contribution is -2.44. The molecule has 94 valence electrons. The van der Waals surface area contributed by atoms with E-state index in [1.54, 1.807) is 0 Å². The van der Waals surface area contributed by atoms with E-state index in [1.807, 2.05) is 18.3 Å². The van der Waals surface area contributed by atoms with Crippen molar-refractivity contribution in [1.82, 2.24) is 10.4 Å². The summed E-state index contributed by atoms with van der Waals surface area (Å²) in [5.74, 6) is 6.11. The molecule has 0 saturated carbocycles. The summed E-state index contributed by atoms with van der Waals surface area (Å²) in [6.45, 7) is 2.94. The van der Waals surface area contributed by atoms with E-state index in [1.165, 1.54) is 0 Å². The van der Waals surface area contributed by atoms with Gasteiger partial charge in [-0.1, -0.05) is 0 Å². The molecule has 1 aromatic rings. The van der Waals surface area contributed by atoms with Crippen molar-refractivity contribution < 1.29 is 4.74 Å². The van der Waals surface area contributed by atoms with Crippen LogP contribution in [0.2, 0.25) is 0 Å². The molecule has 5 heteroatoms. The van der Waals surface area contributed by atoms with E-state index in [9.17, 15) is 0 Å². The van der Waals surface area contributed by atoms with Gasteiger partial charge in [-0.2, -0.15) is 0 Å². The number of hydrazine groups is 1. The number of hydrogen-bond acceptors (Lipinski definition) is 4. The van der Waals surface area contributed by atoms with Crippen LogP contribution in [-0.4, -0.2) is 23.7 Å². The summed E-state index contributed by atoms with van der Waals surface area (Å²) in [4.78, 5) is 4.38. The monoisotopic (exact) mass is 299 g/mol. The van der Waals surface area contributed by atoms with Crippen LogP contribution in [0, 0.1) is 5.92 Å². The Morgan fingerprint density at radius 2 is 2.47 bits per heavy atom. The molecule has 1 fully saturated rings. The zero-order valence-electron chi connectivity index (χ0n) is 9.90. The minimum atomic E-state index is 0.223. The summed E-state index contributed by atoms with van der Waals surface area (Å²) in [6, 6.07) is 4.25. The van der Waals surface area contributed by atoms with Gasteiger partial charge in [0.05, 0.1) is 6.10 Å². The first kappa shape index (κ1) is 13.0. The summed E-state index contributed by atoms with van der Waals surface area (Å²) in [7, 11) is 0. The van der Waals surface area contributed by atoms with E-state index in [0.717, 1.165) is 29.6 Å². The van der Waals surface area contributed by atoms with Crippen LogP contribution in [0.1, 0.15) is 19.0 Å². The van der Waals surface area contributed by atoms with Gasteiger partial charge in [0.25, 0.3) is 0 Å². The predicted molar refractivity (Wildman–Crippen MR) is 70.3 cm³/mol. The summed E-state index contributed by atoms with van der Waals surface area (Å²) < 4.78 is 6.58. The summed E-state index contributed by atoms with van der Waals surface area (Å²) in [5.41, 5.74) is 3.96. The number of pyridine rings is 1. The first-order valence-corrected chi connectivity index (χ1v) is 6.68. The van der Waals surface area contributed by atoms with Gasteiger partial charge >= 0.3 is 0 Å². The number of aromatic nitrogens is 1. The lowest BCUT2D eigenvalue weighted by molar-refractivity contribution is 0.0953. The van der Waals surface area contributed by atoms with Crippen molar-refractivity contribution in [3.05, 3.63) is 28.5 Å². The van der Waals surface area contributed by atoms with Crippen molar-refractivity contribution >= 4 is 15.9 Å². The third-order valence-electron chi connectivity index (χ3n) is 3.38. The zero-order valence-corrected chi connectivity index (χ0v) is 11.5. The van der Waals surface area contributed by atoms with Gasteiger partial charge in [0, 0.05) is 41.4 Å². The maximum atomic E-state index is 5.65. The third-order valence-corrected chi connectivity index (χ3v) is 3.85. The van der Waals surface area contributed by atoms with Crippen molar-refractivity contribution in [2.75, 3.05) is 6.61 Å². The number of rotatable bonds is 4. The molecule has 4 nitrogen and oxygen atoms in total. The second kappa shape index (κ2) is 5.91. The highest BCUT2D eigenvalue weighted by molar-refractivity contribution is 9.10. The highest BCUT2D eigenvalue weighted by Gasteiger charge is 2.31. The van der Waals surface area contributed by atoms with E-state index in [-0.39, 0.29) is 12.1 Å². The molecular weight excluding hydrogens is 282 g/mol. The number of nitrogens with two attached hydrogens (primary N) is 1. The molecular formula is C12H18BrN3O. The first-order chi connectivity index (χ1) is 8.20. The summed E-state index contributed by atoms with van der Waals surface area (Å²) >= 11 is 3.38. The molecule has 3 unspecified atom stereocenters. The highest BCUT2D eigenvalue weighted by atomic mass is 79.9. The van der Waals surface area contributed by atoms with Crippen LogP contribution >= 0.6 is 15.9 Å². The largest absolute Gasteiger partial charge is 0.378 e. The molecule has 3 N–H and O–H groups in total. The Kier molecular flexibility index (Phi) is 4.50. The average molecular weight is 300 g/mol. The average Bonchev–Trinajstić information content (AvgIpc) is 2.75. The topological polar surface area (TPSA) is 60.2 Å². The molecule has 17 heavy (non-hydrogen) atoms. The Morgan fingerprint density at radius 1 is 1.65 bits per heavy atom. The number of ether oxygens (including phenoxy) is 1. The van der Waals surface area contributed by atoms with Crippen molar-refractivity contribution in [3.63, 3.8) is 0 Å². The number of halogens is 1. The SMILES string of the molecule is CC1OCCC1C(Cc1ccc(Br)cn1)NN. The Hall–Kier alpha value is -0.490. The Bertz CT molecular complexity index is 357. The van der Waals surface area contributed by atoms with Crippen molar-refractivity contribution in [3.8, 4) is 0 Å². The molecule has 3 atom stereocenters. The van der Waals surface area contributed by atoms with Gasteiger partial charge in [-0.3, -0.25) is 16.3 Å². The fraction of sp³-hybridized carbons (Fsp3) is 0.583. The van der Waals surface area contributed by atoms with Crippen LogP contribution in [-0.2, 0) is 11.2 Å². The Morgan fingerprint density at radius 3 is 3.00 bits per heavy atom. The minimum Gasteiger partial charge on any atom is -0.378 e. The lowest BCUT2D eigenvalue weighted by atomic mass is 9.90. The van der Waals surface area contributed by atoms with Gasteiger partial charge in [0.2, 0.25) is 0 Å². The number of nitrogens with one attached hydrogen (secondary N) is 1. The highest BCUT2D eigenvalue weighted by Crippen LogP contribution is 2.25. The van der Waals surface area contributed by atoms with Gasteiger partial charge < -0.3 is 4.74 Å². The smallest absolute Gasteiger partial charge is 0.0591 e. The van der Waals surface area contributed by atoms with E-state index >= 15 is 0 Å². The maximum absolute atomic E-state index is 5.65. The van der Waals surface area contributed by atoms with E-state index in [0.29, 0.717) is 5.92 Å². The second-order valence-corrected chi connectivity index (χ2v) is 5.39. The van der Waals surface area contributed by atoms with Crippen LogP contribution in [0.25, 0.3) is 0 Å². The van der Waals surface area contributed by atoms with Crippen LogP contribution < -0.4 is 11.3 Å². The van der Waals surface area contributed by atoms with Gasteiger partial charge in [0.1, 0.15) is 0 Å². The van der Waals surface area contributed by atoms with Crippen molar-refractivity contribution in [2.45, 2.75) is 31.9 Å². The van der Waals surface area contributed by atoms with Crippen molar-refractivity contribution in [2.24, 2.45) is 11.8 Å². The Labute approximate surface area is 110 Å². The molecule has 1 aliphatic heterocycles. The maximum Gasteiger partial charge on any atom is 0.0591 e. The first-order valence-electron chi connectivity index (χ1n) is 5.89. The molecule has 0 aromatic carbocycles. The normalized spacial score (nSPS) is 26.1. The zero-order chi connectivity index (χ0) is 12.3. The molecule has 2 rings (SSSR count). The van der Waals surface area contributed by atoms with Crippen LogP contribution in [0.4, 0.5) is 0 Å². The summed E-state index contributed by atoms with van der Waals surface area (Å²) in [6.07, 6.45) is 3.98. The molecule has 0 aliphatic carbocycles. The van der Waals surface area contributed by atoms with E-state index < -0.39 is 0 Å². The van der Waals surface area contributed by atoms with Crippen molar-refractivity contribution in [1.29, 1.82) is 0 Å². The van der Waals surface area contributed by atoms with Gasteiger partial charge in [0.15, 0.2) is 0 Å². The number of hydrogen-bond donors (Lipinski definition) is 2. The van der Waals surface area contributed by atoms with Crippen LogP contribution in [0.3, 0.4) is 0 Å².